The van der Waals surface area contributed by atoms with Gasteiger partial charge >= 0.3 is 0 Å². The Labute approximate surface area is 168 Å². The second-order valence-corrected chi connectivity index (χ2v) is 8.50. The number of pyridine rings is 1. The molecule has 1 aromatic carbocycles. The quantitative estimate of drug-likeness (QED) is 0.792. The molecule has 3 heterocycles. The van der Waals surface area contributed by atoms with E-state index in [-0.39, 0.29) is 5.91 Å². The molecule has 0 N–H and O–H groups in total. The van der Waals surface area contributed by atoms with Crippen molar-refractivity contribution in [3.63, 3.8) is 0 Å². The van der Waals surface area contributed by atoms with E-state index in [1.807, 2.05) is 17.0 Å². The number of benzene rings is 1. The number of hydrogen-bond acceptors (Lipinski definition) is 3. The van der Waals surface area contributed by atoms with E-state index in [0.29, 0.717) is 0 Å². The highest BCUT2D eigenvalue weighted by molar-refractivity contribution is 5.94. The largest absolute Gasteiger partial charge is 0.357 e. The molecule has 2 fully saturated rings. The molecule has 0 aliphatic carbocycles. The van der Waals surface area contributed by atoms with Crippen LogP contribution < -0.4 is 4.90 Å². The second kappa shape index (κ2) is 8.76. The Morgan fingerprint density at radius 2 is 1.71 bits per heavy atom. The molecule has 0 unspecified atom stereocenters. The van der Waals surface area contributed by atoms with Gasteiger partial charge in [-0.2, -0.15) is 0 Å². The fourth-order valence-electron chi connectivity index (χ4n) is 4.43. The zero-order chi connectivity index (χ0) is 19.3. The third-order valence-corrected chi connectivity index (χ3v) is 6.37. The van der Waals surface area contributed by atoms with Crippen LogP contribution in [-0.2, 0) is 6.42 Å². The van der Waals surface area contributed by atoms with Gasteiger partial charge in [-0.05, 0) is 61.6 Å². The van der Waals surface area contributed by atoms with E-state index in [4.69, 9.17) is 0 Å². The Bertz CT molecular complexity index is 775. The second-order valence-electron chi connectivity index (χ2n) is 8.50. The number of piperidine rings is 2. The summed E-state index contributed by atoms with van der Waals surface area (Å²) in [6.07, 6.45) is 7.54. The van der Waals surface area contributed by atoms with E-state index < -0.39 is 0 Å². The van der Waals surface area contributed by atoms with Crippen molar-refractivity contribution in [3.05, 3.63) is 59.8 Å². The van der Waals surface area contributed by atoms with Crippen molar-refractivity contribution >= 4 is 11.7 Å². The summed E-state index contributed by atoms with van der Waals surface area (Å²) >= 11 is 0. The van der Waals surface area contributed by atoms with Gasteiger partial charge < -0.3 is 9.80 Å². The molecule has 28 heavy (non-hydrogen) atoms. The van der Waals surface area contributed by atoms with Gasteiger partial charge in [0, 0.05) is 37.9 Å². The molecule has 0 spiro atoms. The Kier molecular flexibility index (Phi) is 5.94. The zero-order valence-electron chi connectivity index (χ0n) is 16.9. The molecule has 2 aliphatic heterocycles. The zero-order valence-corrected chi connectivity index (χ0v) is 16.9. The molecule has 0 saturated carbocycles. The highest BCUT2D eigenvalue weighted by Gasteiger charge is 2.24. The maximum atomic E-state index is 12.9. The lowest BCUT2D eigenvalue weighted by atomic mass is 9.90. The van der Waals surface area contributed by atoms with Crippen LogP contribution in [0.25, 0.3) is 0 Å². The van der Waals surface area contributed by atoms with Gasteiger partial charge in [0.05, 0.1) is 0 Å². The lowest BCUT2D eigenvalue weighted by Gasteiger charge is -2.33. The van der Waals surface area contributed by atoms with Crippen LogP contribution in [0.15, 0.2) is 48.7 Å². The SMILES string of the molecule is CC1CCN(C(=O)c2ccnc(N3CCC(Cc4ccccc4)CC3)c2)CC1. The normalized spacial score (nSPS) is 19.0. The van der Waals surface area contributed by atoms with Crippen LogP contribution in [-0.4, -0.2) is 42.0 Å². The molecule has 4 rings (SSSR count). The highest BCUT2D eigenvalue weighted by atomic mass is 16.2. The van der Waals surface area contributed by atoms with Crippen molar-refractivity contribution in [2.45, 2.75) is 39.0 Å². The molecule has 2 aromatic rings. The third-order valence-electron chi connectivity index (χ3n) is 6.37. The molecular weight excluding hydrogens is 346 g/mol. The van der Waals surface area contributed by atoms with E-state index in [9.17, 15) is 4.79 Å². The molecular formula is C24H31N3O. The summed E-state index contributed by atoms with van der Waals surface area (Å²) in [7, 11) is 0. The van der Waals surface area contributed by atoms with Crippen molar-refractivity contribution in [3.8, 4) is 0 Å². The summed E-state index contributed by atoms with van der Waals surface area (Å²) in [6, 6.07) is 14.6. The van der Waals surface area contributed by atoms with Gasteiger partial charge in [0.25, 0.3) is 5.91 Å². The number of anilines is 1. The fraction of sp³-hybridized carbons (Fsp3) is 0.500. The van der Waals surface area contributed by atoms with Crippen LogP contribution in [0.4, 0.5) is 5.82 Å². The average molecular weight is 378 g/mol. The predicted octanol–water partition coefficient (Wildman–Crippen LogP) is 4.41. The molecule has 1 aromatic heterocycles. The highest BCUT2D eigenvalue weighted by Crippen LogP contribution is 2.26. The molecule has 1 amide bonds. The Balaban J connectivity index is 1.35. The van der Waals surface area contributed by atoms with Gasteiger partial charge in [0.1, 0.15) is 5.82 Å². The maximum absolute atomic E-state index is 12.9. The minimum Gasteiger partial charge on any atom is -0.357 e. The van der Waals surface area contributed by atoms with Gasteiger partial charge in [-0.1, -0.05) is 37.3 Å². The van der Waals surface area contributed by atoms with Crippen LogP contribution in [0, 0.1) is 11.8 Å². The topological polar surface area (TPSA) is 36.4 Å². The number of aromatic nitrogens is 1. The fourth-order valence-corrected chi connectivity index (χ4v) is 4.43. The molecule has 4 nitrogen and oxygen atoms in total. The molecule has 0 atom stereocenters. The number of likely N-dealkylation sites (tertiary alicyclic amines) is 1. The first-order valence-corrected chi connectivity index (χ1v) is 10.7. The molecule has 148 valence electrons. The van der Waals surface area contributed by atoms with Crippen molar-refractivity contribution < 1.29 is 4.79 Å². The van der Waals surface area contributed by atoms with Gasteiger partial charge in [-0.25, -0.2) is 4.98 Å². The average Bonchev–Trinajstić information content (AvgIpc) is 2.75. The van der Waals surface area contributed by atoms with Crippen molar-refractivity contribution in [1.29, 1.82) is 0 Å². The van der Waals surface area contributed by atoms with E-state index in [1.54, 1.807) is 6.20 Å². The Morgan fingerprint density at radius 3 is 2.43 bits per heavy atom. The number of hydrogen-bond donors (Lipinski definition) is 0. The first kappa shape index (κ1) is 19.0. The minimum absolute atomic E-state index is 0.162. The number of carbonyl (C=O) groups is 1. The summed E-state index contributed by atoms with van der Waals surface area (Å²) < 4.78 is 0. The smallest absolute Gasteiger partial charge is 0.254 e. The number of carbonyl (C=O) groups excluding carboxylic acids is 1. The van der Waals surface area contributed by atoms with Crippen LogP contribution in [0.2, 0.25) is 0 Å². The van der Waals surface area contributed by atoms with Gasteiger partial charge in [-0.15, -0.1) is 0 Å². The summed E-state index contributed by atoms with van der Waals surface area (Å²) in [6.45, 7) is 6.06. The summed E-state index contributed by atoms with van der Waals surface area (Å²) in [5, 5.41) is 0. The number of amides is 1. The van der Waals surface area contributed by atoms with Crippen molar-refractivity contribution in [1.82, 2.24) is 9.88 Å². The Morgan fingerprint density at radius 1 is 1.00 bits per heavy atom. The molecule has 4 heteroatoms. The van der Waals surface area contributed by atoms with Crippen LogP contribution in [0.5, 0.6) is 0 Å². The third kappa shape index (κ3) is 4.54. The number of rotatable bonds is 4. The lowest BCUT2D eigenvalue weighted by molar-refractivity contribution is 0.0697. The molecule has 0 radical (unpaired) electrons. The predicted molar refractivity (Wildman–Crippen MR) is 114 cm³/mol. The first-order chi connectivity index (χ1) is 13.7. The summed E-state index contributed by atoms with van der Waals surface area (Å²) in [4.78, 5) is 21.8. The van der Waals surface area contributed by atoms with Gasteiger partial charge in [-0.3, -0.25) is 4.79 Å². The van der Waals surface area contributed by atoms with Crippen molar-refractivity contribution in [2.75, 3.05) is 31.1 Å². The maximum Gasteiger partial charge on any atom is 0.254 e. The minimum atomic E-state index is 0.162. The van der Waals surface area contributed by atoms with Crippen LogP contribution in [0.3, 0.4) is 0 Å². The first-order valence-electron chi connectivity index (χ1n) is 10.7. The summed E-state index contributed by atoms with van der Waals surface area (Å²) in [5.41, 5.74) is 2.22. The van der Waals surface area contributed by atoms with E-state index in [0.717, 1.165) is 68.7 Å². The monoisotopic (exact) mass is 377 g/mol. The Hall–Kier alpha value is -2.36. The molecule has 0 bridgehead atoms. The molecule has 2 aliphatic rings. The summed E-state index contributed by atoms with van der Waals surface area (Å²) in [5.74, 6) is 2.58. The van der Waals surface area contributed by atoms with Crippen LogP contribution >= 0.6 is 0 Å². The van der Waals surface area contributed by atoms with Crippen molar-refractivity contribution in [2.24, 2.45) is 11.8 Å². The van der Waals surface area contributed by atoms with Gasteiger partial charge in [0.2, 0.25) is 0 Å². The molecule has 2 saturated heterocycles. The van der Waals surface area contributed by atoms with E-state index in [2.05, 4.69) is 47.1 Å². The van der Waals surface area contributed by atoms with Gasteiger partial charge in [0.15, 0.2) is 0 Å². The van der Waals surface area contributed by atoms with E-state index >= 15 is 0 Å². The lowest BCUT2D eigenvalue weighted by Crippen LogP contribution is -2.38. The van der Waals surface area contributed by atoms with Crippen LogP contribution in [0.1, 0.15) is 48.5 Å². The van der Waals surface area contributed by atoms with E-state index in [1.165, 1.54) is 18.4 Å². The number of nitrogens with zero attached hydrogens (tertiary/aromatic N) is 3. The standard InChI is InChI=1S/C24H31N3O/c1-19-8-13-27(14-9-19)24(28)22-7-12-25-23(18-22)26-15-10-21(11-16-26)17-20-5-3-2-4-6-20/h2-7,12,18-19,21H,8-11,13-17H2,1H3.